The third-order valence-corrected chi connectivity index (χ3v) is 4.84. The van der Waals surface area contributed by atoms with E-state index in [0.29, 0.717) is 23.7 Å². The number of fused-ring (bicyclic) bond motifs is 1. The van der Waals surface area contributed by atoms with Crippen LogP contribution >= 0.6 is 15.9 Å². The zero-order valence-electron chi connectivity index (χ0n) is 15.0. The number of rotatable bonds is 6. The molecular formula is C24H17BrO3. The number of allylic oxidation sites excluding steroid dienone is 1. The molecule has 1 aromatic heterocycles. The van der Waals surface area contributed by atoms with Gasteiger partial charge in [-0.2, -0.15) is 0 Å². The number of halogens is 1. The molecule has 4 rings (SSSR count). The smallest absolute Gasteiger partial charge is 0.185 e. The number of ether oxygens (including phenoxy) is 1. The highest BCUT2D eigenvalue weighted by molar-refractivity contribution is 9.10. The van der Waals surface area contributed by atoms with Crippen molar-refractivity contribution in [3.63, 3.8) is 0 Å². The van der Waals surface area contributed by atoms with Gasteiger partial charge in [0.1, 0.15) is 23.9 Å². The molecule has 0 radical (unpaired) electrons. The Balaban J connectivity index is 1.40. The molecule has 0 bridgehead atoms. The summed E-state index contributed by atoms with van der Waals surface area (Å²) in [6.07, 6.45) is 3.21. The average molecular weight is 433 g/mol. The van der Waals surface area contributed by atoms with Gasteiger partial charge in [-0.15, -0.1) is 0 Å². The van der Waals surface area contributed by atoms with Gasteiger partial charge in [0.05, 0.1) is 0 Å². The second kappa shape index (κ2) is 8.28. The summed E-state index contributed by atoms with van der Waals surface area (Å²) in [5.74, 6) is 2.02. The van der Waals surface area contributed by atoms with Gasteiger partial charge in [-0.05, 0) is 65.4 Å². The lowest BCUT2D eigenvalue weighted by molar-refractivity contribution is 0.104. The second-order valence-corrected chi connectivity index (χ2v) is 7.22. The number of hydrogen-bond acceptors (Lipinski definition) is 3. The van der Waals surface area contributed by atoms with E-state index in [0.717, 1.165) is 21.0 Å². The zero-order valence-corrected chi connectivity index (χ0v) is 16.6. The Bertz CT molecular complexity index is 1140. The van der Waals surface area contributed by atoms with E-state index in [1.807, 2.05) is 78.9 Å². The first-order chi connectivity index (χ1) is 13.7. The first-order valence-corrected chi connectivity index (χ1v) is 9.65. The molecule has 0 saturated heterocycles. The van der Waals surface area contributed by atoms with E-state index in [4.69, 9.17) is 9.15 Å². The van der Waals surface area contributed by atoms with E-state index in [2.05, 4.69) is 15.9 Å². The molecule has 4 aromatic rings. The number of furan rings is 1. The maximum atomic E-state index is 12.4. The third kappa shape index (κ3) is 4.41. The van der Waals surface area contributed by atoms with Crippen molar-refractivity contribution in [3.8, 4) is 5.75 Å². The summed E-state index contributed by atoms with van der Waals surface area (Å²) in [6.45, 7) is 0.327. The molecule has 0 N–H and O–H groups in total. The lowest BCUT2D eigenvalue weighted by Crippen LogP contribution is -1.94. The van der Waals surface area contributed by atoms with Crippen LogP contribution in [-0.2, 0) is 6.61 Å². The third-order valence-electron chi connectivity index (χ3n) is 4.31. The van der Waals surface area contributed by atoms with Crippen molar-refractivity contribution in [2.45, 2.75) is 6.61 Å². The monoisotopic (exact) mass is 432 g/mol. The normalized spacial score (nSPS) is 11.2. The van der Waals surface area contributed by atoms with Gasteiger partial charge in [-0.25, -0.2) is 0 Å². The Morgan fingerprint density at radius 2 is 1.71 bits per heavy atom. The fraction of sp³-hybridized carbons (Fsp3) is 0.0417. The van der Waals surface area contributed by atoms with Crippen LogP contribution in [0.1, 0.15) is 21.9 Å². The van der Waals surface area contributed by atoms with Crippen LogP contribution in [0.15, 0.2) is 93.8 Å². The van der Waals surface area contributed by atoms with Gasteiger partial charge in [0.15, 0.2) is 5.78 Å². The fourth-order valence-electron chi connectivity index (χ4n) is 2.84. The predicted molar refractivity (Wildman–Crippen MR) is 114 cm³/mol. The Hall–Kier alpha value is -3.11. The average Bonchev–Trinajstić information content (AvgIpc) is 3.19. The van der Waals surface area contributed by atoms with Crippen molar-refractivity contribution >= 4 is 38.6 Å². The second-order valence-electron chi connectivity index (χ2n) is 6.31. The Labute approximate surface area is 171 Å². The van der Waals surface area contributed by atoms with Crippen molar-refractivity contribution in [1.82, 2.24) is 0 Å². The maximum absolute atomic E-state index is 12.4. The quantitative estimate of drug-likeness (QED) is 0.252. The molecular weight excluding hydrogens is 416 g/mol. The lowest BCUT2D eigenvalue weighted by Gasteiger charge is -2.03. The van der Waals surface area contributed by atoms with Crippen LogP contribution in [0.25, 0.3) is 16.8 Å². The van der Waals surface area contributed by atoms with Crippen molar-refractivity contribution < 1.29 is 13.9 Å². The summed E-state index contributed by atoms with van der Waals surface area (Å²) in [5.41, 5.74) is 0.653. The number of carbonyl (C=O) groups is 1. The standard InChI is InChI=1S/C24H17BrO3/c25-20-7-9-21(10-8-20)27-16-23-12-11-22(28-23)13-14-24(26)19-6-5-17-3-1-2-4-18(17)15-19/h1-15H,16H2/b14-13+. The van der Waals surface area contributed by atoms with Gasteiger partial charge in [0.25, 0.3) is 0 Å². The molecule has 0 saturated carbocycles. The van der Waals surface area contributed by atoms with Crippen LogP contribution in [0.5, 0.6) is 5.75 Å². The Morgan fingerprint density at radius 1 is 0.929 bits per heavy atom. The van der Waals surface area contributed by atoms with E-state index in [9.17, 15) is 4.79 Å². The zero-order chi connectivity index (χ0) is 19.3. The molecule has 0 aliphatic heterocycles. The minimum atomic E-state index is -0.0604. The molecule has 3 nitrogen and oxygen atoms in total. The van der Waals surface area contributed by atoms with Gasteiger partial charge >= 0.3 is 0 Å². The molecule has 1 heterocycles. The summed E-state index contributed by atoms with van der Waals surface area (Å²) in [4.78, 5) is 12.4. The molecule has 0 amide bonds. The number of benzene rings is 3. The van der Waals surface area contributed by atoms with E-state index in [1.54, 1.807) is 6.08 Å². The van der Waals surface area contributed by atoms with E-state index in [-0.39, 0.29) is 5.78 Å². The van der Waals surface area contributed by atoms with Crippen LogP contribution < -0.4 is 4.74 Å². The van der Waals surface area contributed by atoms with Crippen molar-refractivity contribution in [1.29, 1.82) is 0 Å². The largest absolute Gasteiger partial charge is 0.486 e. The van der Waals surface area contributed by atoms with Crippen molar-refractivity contribution in [2.75, 3.05) is 0 Å². The van der Waals surface area contributed by atoms with Gasteiger partial charge in [0.2, 0.25) is 0 Å². The van der Waals surface area contributed by atoms with Crippen LogP contribution in [0.2, 0.25) is 0 Å². The molecule has 0 fully saturated rings. The number of hydrogen-bond donors (Lipinski definition) is 0. The summed E-state index contributed by atoms with van der Waals surface area (Å²) < 4.78 is 12.4. The van der Waals surface area contributed by atoms with E-state index < -0.39 is 0 Å². The molecule has 0 spiro atoms. The molecule has 28 heavy (non-hydrogen) atoms. The maximum Gasteiger partial charge on any atom is 0.185 e. The fourth-order valence-corrected chi connectivity index (χ4v) is 3.11. The van der Waals surface area contributed by atoms with Crippen molar-refractivity contribution in [3.05, 3.63) is 106 Å². The highest BCUT2D eigenvalue weighted by Crippen LogP contribution is 2.19. The molecule has 0 atom stereocenters. The van der Waals surface area contributed by atoms with E-state index >= 15 is 0 Å². The molecule has 0 unspecified atom stereocenters. The summed E-state index contributed by atoms with van der Waals surface area (Å²) in [6, 6.07) is 25.0. The lowest BCUT2D eigenvalue weighted by atomic mass is 10.0. The van der Waals surface area contributed by atoms with Crippen LogP contribution in [0.4, 0.5) is 0 Å². The SMILES string of the molecule is O=C(/C=C/c1ccc(COc2ccc(Br)cc2)o1)c1ccc2ccccc2c1. The molecule has 0 aliphatic carbocycles. The van der Waals surface area contributed by atoms with Gasteiger partial charge in [-0.3, -0.25) is 4.79 Å². The topological polar surface area (TPSA) is 39.4 Å². The minimum absolute atomic E-state index is 0.0604. The van der Waals surface area contributed by atoms with Crippen LogP contribution in [0.3, 0.4) is 0 Å². The summed E-state index contributed by atoms with van der Waals surface area (Å²) in [7, 11) is 0. The first-order valence-electron chi connectivity index (χ1n) is 8.86. The summed E-state index contributed by atoms with van der Waals surface area (Å²) in [5, 5.41) is 2.16. The molecule has 3 aromatic carbocycles. The number of carbonyl (C=O) groups excluding carboxylic acids is 1. The number of ketones is 1. The van der Waals surface area contributed by atoms with Gasteiger partial charge in [-0.1, -0.05) is 52.3 Å². The first kappa shape index (κ1) is 18.3. The van der Waals surface area contributed by atoms with Gasteiger partial charge < -0.3 is 9.15 Å². The highest BCUT2D eigenvalue weighted by atomic mass is 79.9. The Kier molecular flexibility index (Phi) is 5.40. The molecule has 0 aliphatic rings. The van der Waals surface area contributed by atoms with E-state index in [1.165, 1.54) is 6.08 Å². The Morgan fingerprint density at radius 3 is 2.54 bits per heavy atom. The molecule has 4 heteroatoms. The molecule has 138 valence electrons. The summed E-state index contributed by atoms with van der Waals surface area (Å²) >= 11 is 3.39. The van der Waals surface area contributed by atoms with Crippen LogP contribution in [-0.4, -0.2) is 5.78 Å². The van der Waals surface area contributed by atoms with Gasteiger partial charge in [0, 0.05) is 10.0 Å². The minimum Gasteiger partial charge on any atom is -0.486 e. The van der Waals surface area contributed by atoms with Crippen LogP contribution in [0, 0.1) is 0 Å². The predicted octanol–water partition coefficient (Wildman–Crippen LogP) is 6.67. The highest BCUT2D eigenvalue weighted by Gasteiger charge is 2.05. The van der Waals surface area contributed by atoms with Crippen molar-refractivity contribution in [2.24, 2.45) is 0 Å².